The fourth-order valence-corrected chi connectivity index (χ4v) is 0.584. The van der Waals surface area contributed by atoms with E-state index in [1.165, 1.54) is 6.42 Å². The van der Waals surface area contributed by atoms with Crippen LogP contribution < -0.4 is 22.9 Å². The molecule has 4 nitrogen and oxygen atoms in total. The third-order valence-electron chi connectivity index (χ3n) is 1.47. The molecule has 8 N–H and O–H groups in total. The van der Waals surface area contributed by atoms with Crippen LogP contribution in [0.5, 0.6) is 0 Å². The summed E-state index contributed by atoms with van der Waals surface area (Å²) < 4.78 is 0. The van der Waals surface area contributed by atoms with Crippen molar-refractivity contribution in [3.63, 3.8) is 0 Å². The minimum atomic E-state index is 0.597. The zero-order chi connectivity index (χ0) is 9.82. The van der Waals surface area contributed by atoms with Crippen LogP contribution in [0.4, 0.5) is 0 Å². The van der Waals surface area contributed by atoms with Gasteiger partial charge < -0.3 is 22.9 Å². The molecule has 4 heteroatoms. The molecular formula is C8H24N4. The van der Waals surface area contributed by atoms with Gasteiger partial charge in [0, 0.05) is 13.1 Å². The molecule has 0 spiro atoms. The van der Waals surface area contributed by atoms with Gasteiger partial charge in [-0.05, 0) is 31.8 Å². The first-order valence-corrected chi connectivity index (χ1v) is 4.53. The Balaban J connectivity index is 0. The van der Waals surface area contributed by atoms with Crippen LogP contribution in [0.2, 0.25) is 0 Å². The van der Waals surface area contributed by atoms with Crippen molar-refractivity contribution >= 4 is 0 Å². The van der Waals surface area contributed by atoms with E-state index in [1.54, 1.807) is 0 Å². The van der Waals surface area contributed by atoms with Crippen LogP contribution in [0.1, 0.15) is 19.8 Å². The highest BCUT2D eigenvalue weighted by Crippen LogP contribution is 2.00. The average molecular weight is 176 g/mol. The van der Waals surface area contributed by atoms with E-state index in [9.17, 15) is 0 Å². The molecule has 0 rings (SSSR count). The molecule has 0 aliphatic heterocycles. The zero-order valence-electron chi connectivity index (χ0n) is 8.13. The van der Waals surface area contributed by atoms with Gasteiger partial charge in [0.05, 0.1) is 0 Å². The van der Waals surface area contributed by atoms with Gasteiger partial charge in [-0.3, -0.25) is 0 Å². The summed E-state index contributed by atoms with van der Waals surface area (Å²) in [6, 6.07) is 0. The predicted octanol–water partition coefficient (Wildman–Crippen LogP) is -0.776. The van der Waals surface area contributed by atoms with E-state index in [0.717, 1.165) is 19.5 Å². The van der Waals surface area contributed by atoms with Crippen molar-refractivity contribution in [2.45, 2.75) is 19.8 Å². The van der Waals surface area contributed by atoms with Crippen LogP contribution in [-0.2, 0) is 0 Å². The van der Waals surface area contributed by atoms with E-state index < -0.39 is 0 Å². The highest BCUT2D eigenvalue weighted by Gasteiger charge is 1.95. The molecule has 0 saturated carbocycles. The van der Waals surface area contributed by atoms with E-state index in [-0.39, 0.29) is 0 Å². The normalized spacial score (nSPS) is 11.8. The maximum absolute atomic E-state index is 5.37. The number of hydrogen-bond donors (Lipinski definition) is 4. The predicted molar refractivity (Wildman–Crippen MR) is 54.6 cm³/mol. The van der Waals surface area contributed by atoms with Crippen molar-refractivity contribution in [3.05, 3.63) is 0 Å². The first-order valence-electron chi connectivity index (χ1n) is 4.53. The SMILES string of the molecule is CC(CN)CCCN.NCCN. The summed E-state index contributed by atoms with van der Waals surface area (Å²) in [5.41, 5.74) is 20.5. The summed E-state index contributed by atoms with van der Waals surface area (Å²) in [6.45, 7) is 4.93. The quantitative estimate of drug-likeness (QED) is 0.441. The monoisotopic (exact) mass is 176 g/mol. The lowest BCUT2D eigenvalue weighted by Crippen LogP contribution is -2.12. The summed E-state index contributed by atoms with van der Waals surface area (Å²) in [5.74, 6) is 0.651. The Bertz CT molecular complexity index is 66.1. The Hall–Kier alpha value is -0.160. The van der Waals surface area contributed by atoms with Crippen molar-refractivity contribution in [3.8, 4) is 0 Å². The van der Waals surface area contributed by atoms with Gasteiger partial charge in [-0.1, -0.05) is 6.92 Å². The molecule has 0 aromatic carbocycles. The molecule has 76 valence electrons. The first-order chi connectivity index (χ1) is 5.72. The number of rotatable bonds is 5. The van der Waals surface area contributed by atoms with Crippen molar-refractivity contribution in [1.82, 2.24) is 0 Å². The van der Waals surface area contributed by atoms with Gasteiger partial charge in [0.25, 0.3) is 0 Å². The Morgan fingerprint density at radius 2 is 1.42 bits per heavy atom. The van der Waals surface area contributed by atoms with Crippen molar-refractivity contribution in [2.75, 3.05) is 26.2 Å². The Morgan fingerprint density at radius 1 is 0.917 bits per heavy atom. The summed E-state index contributed by atoms with van der Waals surface area (Å²) in [5, 5.41) is 0. The Kier molecular flexibility index (Phi) is 16.1. The number of nitrogens with two attached hydrogens (primary N) is 4. The van der Waals surface area contributed by atoms with Crippen LogP contribution in [0.3, 0.4) is 0 Å². The molecule has 0 radical (unpaired) electrons. The second-order valence-electron chi connectivity index (χ2n) is 2.85. The van der Waals surface area contributed by atoms with E-state index in [1.807, 2.05) is 0 Å². The van der Waals surface area contributed by atoms with Gasteiger partial charge in [0.15, 0.2) is 0 Å². The van der Waals surface area contributed by atoms with E-state index in [2.05, 4.69) is 6.92 Å². The molecule has 0 aromatic heterocycles. The topological polar surface area (TPSA) is 104 Å². The number of hydrogen-bond acceptors (Lipinski definition) is 4. The Labute approximate surface area is 75.7 Å². The molecule has 0 aromatic rings. The molecule has 0 amide bonds. The largest absolute Gasteiger partial charge is 0.330 e. The van der Waals surface area contributed by atoms with Crippen LogP contribution in [-0.4, -0.2) is 26.2 Å². The molecule has 1 atom stereocenters. The summed E-state index contributed by atoms with van der Waals surface area (Å²) >= 11 is 0. The van der Waals surface area contributed by atoms with Gasteiger partial charge >= 0.3 is 0 Å². The van der Waals surface area contributed by atoms with E-state index in [0.29, 0.717) is 19.0 Å². The minimum Gasteiger partial charge on any atom is -0.330 e. The minimum absolute atomic E-state index is 0.597. The van der Waals surface area contributed by atoms with Crippen LogP contribution in [0.15, 0.2) is 0 Å². The Morgan fingerprint density at radius 3 is 1.67 bits per heavy atom. The van der Waals surface area contributed by atoms with E-state index >= 15 is 0 Å². The van der Waals surface area contributed by atoms with Gasteiger partial charge in [0.2, 0.25) is 0 Å². The molecule has 0 aliphatic carbocycles. The van der Waals surface area contributed by atoms with Gasteiger partial charge in [-0.15, -0.1) is 0 Å². The summed E-state index contributed by atoms with van der Waals surface area (Å²) in [6.07, 6.45) is 2.28. The smallest absolute Gasteiger partial charge is 0.00461 e. The fourth-order valence-electron chi connectivity index (χ4n) is 0.584. The molecule has 12 heavy (non-hydrogen) atoms. The second-order valence-corrected chi connectivity index (χ2v) is 2.85. The lowest BCUT2D eigenvalue weighted by molar-refractivity contribution is 0.525. The standard InChI is InChI=1S/C6H16N2.C2H8N2/c1-6(5-8)3-2-4-7;3-1-2-4/h6H,2-5,7-8H2,1H3;1-4H2. The highest BCUT2D eigenvalue weighted by molar-refractivity contribution is 4.52. The molecule has 0 fully saturated rings. The lowest BCUT2D eigenvalue weighted by Gasteiger charge is -2.04. The van der Waals surface area contributed by atoms with Crippen molar-refractivity contribution in [1.29, 1.82) is 0 Å². The summed E-state index contributed by atoms with van der Waals surface area (Å²) in [4.78, 5) is 0. The van der Waals surface area contributed by atoms with Crippen LogP contribution >= 0.6 is 0 Å². The molecular weight excluding hydrogens is 152 g/mol. The maximum atomic E-state index is 5.37. The second kappa shape index (κ2) is 13.4. The summed E-state index contributed by atoms with van der Waals surface area (Å²) in [7, 11) is 0. The molecule has 0 aliphatic rings. The molecule has 1 unspecified atom stereocenters. The van der Waals surface area contributed by atoms with Crippen LogP contribution in [0.25, 0.3) is 0 Å². The third kappa shape index (κ3) is 16.4. The van der Waals surface area contributed by atoms with Gasteiger partial charge in [0.1, 0.15) is 0 Å². The van der Waals surface area contributed by atoms with Gasteiger partial charge in [-0.2, -0.15) is 0 Å². The average Bonchev–Trinajstić information content (AvgIpc) is 2.14. The highest BCUT2D eigenvalue weighted by atomic mass is 14.6. The van der Waals surface area contributed by atoms with Crippen LogP contribution in [0, 0.1) is 5.92 Å². The fraction of sp³-hybridized carbons (Fsp3) is 1.00. The molecule has 0 heterocycles. The van der Waals surface area contributed by atoms with Crippen molar-refractivity contribution < 1.29 is 0 Å². The van der Waals surface area contributed by atoms with E-state index in [4.69, 9.17) is 22.9 Å². The van der Waals surface area contributed by atoms with Crippen molar-refractivity contribution in [2.24, 2.45) is 28.9 Å². The zero-order valence-corrected chi connectivity index (χ0v) is 8.13. The van der Waals surface area contributed by atoms with Gasteiger partial charge in [-0.25, -0.2) is 0 Å². The lowest BCUT2D eigenvalue weighted by atomic mass is 10.1. The first kappa shape index (κ1) is 14.4. The molecule has 0 saturated heterocycles. The third-order valence-corrected chi connectivity index (χ3v) is 1.47. The molecule has 0 bridgehead atoms. The maximum Gasteiger partial charge on any atom is 0.00461 e.